The van der Waals surface area contributed by atoms with E-state index in [0.29, 0.717) is 12.1 Å². The third kappa shape index (κ3) is 2.82. The van der Waals surface area contributed by atoms with E-state index in [1.807, 2.05) is 43.3 Å². The van der Waals surface area contributed by atoms with Gasteiger partial charge in [-0.25, -0.2) is 0 Å². The van der Waals surface area contributed by atoms with Crippen molar-refractivity contribution in [1.82, 2.24) is 5.32 Å². The summed E-state index contributed by atoms with van der Waals surface area (Å²) in [5.41, 5.74) is 1.69. The van der Waals surface area contributed by atoms with Gasteiger partial charge in [-0.3, -0.25) is 4.79 Å². The first-order valence-corrected chi connectivity index (χ1v) is 6.23. The molecule has 0 bridgehead atoms. The van der Waals surface area contributed by atoms with Crippen molar-refractivity contribution >= 4 is 11.6 Å². The van der Waals surface area contributed by atoms with E-state index in [4.69, 9.17) is 0 Å². The molecule has 98 valence electrons. The molecule has 18 heavy (non-hydrogen) atoms. The van der Waals surface area contributed by atoms with Crippen molar-refractivity contribution in [2.75, 3.05) is 32.1 Å². The molecule has 0 aromatic heterocycles. The molecule has 0 atom stereocenters. The van der Waals surface area contributed by atoms with Crippen LogP contribution < -0.4 is 10.2 Å². The van der Waals surface area contributed by atoms with Gasteiger partial charge in [-0.1, -0.05) is 0 Å². The van der Waals surface area contributed by atoms with E-state index in [1.54, 1.807) is 0 Å². The maximum atomic E-state index is 11.9. The van der Waals surface area contributed by atoms with Gasteiger partial charge in [0.25, 0.3) is 5.91 Å². The minimum Gasteiger partial charge on any atom is -0.396 e. The highest BCUT2D eigenvalue weighted by atomic mass is 16.3. The van der Waals surface area contributed by atoms with E-state index in [-0.39, 0.29) is 17.9 Å². The molecule has 2 N–H and O–H groups in total. The lowest BCUT2D eigenvalue weighted by molar-refractivity contribution is 0.0935. The third-order valence-corrected chi connectivity index (χ3v) is 3.56. The molecule has 0 spiro atoms. The van der Waals surface area contributed by atoms with E-state index in [2.05, 4.69) is 5.32 Å². The van der Waals surface area contributed by atoms with Crippen molar-refractivity contribution in [2.24, 2.45) is 5.41 Å². The van der Waals surface area contributed by atoms with Crippen molar-refractivity contribution < 1.29 is 9.90 Å². The highest BCUT2D eigenvalue weighted by Crippen LogP contribution is 2.44. The van der Waals surface area contributed by atoms with Gasteiger partial charge >= 0.3 is 0 Å². The number of amides is 1. The number of carbonyl (C=O) groups is 1. The van der Waals surface area contributed by atoms with Gasteiger partial charge in [0.1, 0.15) is 0 Å². The Bertz CT molecular complexity index is 422. The van der Waals surface area contributed by atoms with Crippen molar-refractivity contribution in [1.29, 1.82) is 0 Å². The summed E-state index contributed by atoms with van der Waals surface area (Å²) in [4.78, 5) is 13.9. The van der Waals surface area contributed by atoms with Gasteiger partial charge < -0.3 is 15.3 Å². The van der Waals surface area contributed by atoms with Crippen LogP contribution in [0.15, 0.2) is 24.3 Å². The first-order chi connectivity index (χ1) is 8.56. The smallest absolute Gasteiger partial charge is 0.251 e. The fraction of sp³-hybridized carbons (Fsp3) is 0.500. The van der Waals surface area contributed by atoms with Crippen LogP contribution in [0.5, 0.6) is 0 Å². The Hall–Kier alpha value is -1.55. The fourth-order valence-corrected chi connectivity index (χ4v) is 1.85. The second-order valence-corrected chi connectivity index (χ2v) is 5.28. The molecule has 1 aliphatic rings. The van der Waals surface area contributed by atoms with Gasteiger partial charge in [-0.2, -0.15) is 0 Å². The maximum absolute atomic E-state index is 11.9. The number of anilines is 1. The van der Waals surface area contributed by atoms with Crippen LogP contribution in [0.3, 0.4) is 0 Å². The van der Waals surface area contributed by atoms with Gasteiger partial charge in [0.05, 0.1) is 6.61 Å². The normalized spacial score (nSPS) is 16.2. The lowest BCUT2D eigenvalue weighted by Gasteiger charge is -2.14. The summed E-state index contributed by atoms with van der Waals surface area (Å²) < 4.78 is 0. The molecule has 1 aliphatic carbocycles. The first kappa shape index (κ1) is 12.9. The number of aliphatic hydroxyl groups excluding tert-OH is 1. The second-order valence-electron chi connectivity index (χ2n) is 5.28. The summed E-state index contributed by atoms with van der Waals surface area (Å²) in [5, 5.41) is 12.1. The van der Waals surface area contributed by atoms with Crippen LogP contribution in [0.25, 0.3) is 0 Å². The van der Waals surface area contributed by atoms with E-state index < -0.39 is 0 Å². The molecule has 0 unspecified atom stereocenters. The van der Waals surface area contributed by atoms with Gasteiger partial charge in [0, 0.05) is 37.3 Å². The average Bonchev–Trinajstić information content (AvgIpc) is 3.17. The average molecular weight is 248 g/mol. The highest BCUT2D eigenvalue weighted by Gasteiger charge is 2.42. The third-order valence-electron chi connectivity index (χ3n) is 3.56. The number of rotatable bonds is 5. The summed E-state index contributed by atoms with van der Waals surface area (Å²) in [6, 6.07) is 7.49. The van der Waals surface area contributed by atoms with Crippen LogP contribution in [0, 0.1) is 5.41 Å². The molecule has 1 saturated carbocycles. The standard InChI is InChI=1S/C14H20N2O2/c1-16(2)12-5-3-11(4-6-12)13(18)15-9-14(10-17)7-8-14/h3-6,17H,7-10H2,1-2H3,(H,15,18). The van der Waals surface area contributed by atoms with Crippen molar-refractivity contribution in [3.05, 3.63) is 29.8 Å². The quantitative estimate of drug-likeness (QED) is 0.824. The topological polar surface area (TPSA) is 52.6 Å². The van der Waals surface area contributed by atoms with Crippen LogP contribution in [-0.2, 0) is 0 Å². The Morgan fingerprint density at radius 2 is 1.94 bits per heavy atom. The summed E-state index contributed by atoms with van der Waals surface area (Å²) in [6.45, 7) is 0.727. The van der Waals surface area contributed by atoms with Crippen LogP contribution in [0.4, 0.5) is 5.69 Å². The minimum absolute atomic E-state index is 0.0424. The van der Waals surface area contributed by atoms with Gasteiger partial charge in [-0.15, -0.1) is 0 Å². The number of nitrogens with zero attached hydrogens (tertiary/aromatic N) is 1. The summed E-state index contributed by atoms with van der Waals surface area (Å²) in [6.07, 6.45) is 2.01. The molecular weight excluding hydrogens is 228 g/mol. The van der Waals surface area contributed by atoms with Crippen LogP contribution >= 0.6 is 0 Å². The Labute approximate surface area is 108 Å². The molecule has 1 amide bonds. The minimum atomic E-state index is -0.0694. The van der Waals surface area contributed by atoms with E-state index >= 15 is 0 Å². The number of aliphatic hydroxyl groups is 1. The van der Waals surface area contributed by atoms with Crippen LogP contribution in [0.2, 0.25) is 0 Å². The molecule has 0 radical (unpaired) electrons. The summed E-state index contributed by atoms with van der Waals surface area (Å²) >= 11 is 0. The SMILES string of the molecule is CN(C)c1ccc(C(=O)NCC2(CO)CC2)cc1. The fourth-order valence-electron chi connectivity index (χ4n) is 1.85. The molecule has 1 aromatic carbocycles. The molecule has 0 aliphatic heterocycles. The number of carbonyl (C=O) groups excluding carboxylic acids is 1. The van der Waals surface area contributed by atoms with Crippen LogP contribution in [-0.4, -0.2) is 38.3 Å². The largest absolute Gasteiger partial charge is 0.396 e. The van der Waals surface area contributed by atoms with Crippen molar-refractivity contribution in [3.63, 3.8) is 0 Å². The van der Waals surface area contributed by atoms with E-state index in [9.17, 15) is 9.90 Å². The number of hydrogen-bond donors (Lipinski definition) is 2. The van der Waals surface area contributed by atoms with Gasteiger partial charge in [0.15, 0.2) is 0 Å². The maximum Gasteiger partial charge on any atom is 0.251 e. The molecule has 0 heterocycles. The molecule has 1 fully saturated rings. The van der Waals surface area contributed by atoms with Gasteiger partial charge in [-0.05, 0) is 37.1 Å². The zero-order valence-electron chi connectivity index (χ0n) is 10.9. The number of hydrogen-bond acceptors (Lipinski definition) is 3. The van der Waals surface area contributed by atoms with E-state index in [0.717, 1.165) is 18.5 Å². The van der Waals surface area contributed by atoms with Crippen LogP contribution in [0.1, 0.15) is 23.2 Å². The monoisotopic (exact) mass is 248 g/mol. The Morgan fingerprint density at radius 3 is 2.39 bits per heavy atom. The number of nitrogens with one attached hydrogen (secondary N) is 1. The Morgan fingerprint density at radius 1 is 1.33 bits per heavy atom. The second kappa shape index (κ2) is 4.98. The van der Waals surface area contributed by atoms with E-state index in [1.165, 1.54) is 0 Å². The molecule has 1 aromatic rings. The van der Waals surface area contributed by atoms with Crippen molar-refractivity contribution in [3.8, 4) is 0 Å². The lowest BCUT2D eigenvalue weighted by Crippen LogP contribution is -2.31. The molecule has 0 saturated heterocycles. The predicted molar refractivity (Wildman–Crippen MR) is 71.9 cm³/mol. The highest BCUT2D eigenvalue weighted by molar-refractivity contribution is 5.94. The Balaban J connectivity index is 1.92. The molecular formula is C14H20N2O2. The first-order valence-electron chi connectivity index (χ1n) is 6.23. The predicted octanol–water partition coefficient (Wildman–Crippen LogP) is 1.25. The lowest BCUT2D eigenvalue weighted by atomic mass is 10.1. The molecule has 2 rings (SSSR count). The zero-order valence-corrected chi connectivity index (χ0v) is 10.9. The molecule has 4 nitrogen and oxygen atoms in total. The summed E-state index contributed by atoms with van der Waals surface area (Å²) in [5.74, 6) is -0.0694. The Kier molecular flexibility index (Phi) is 3.57. The van der Waals surface area contributed by atoms with Gasteiger partial charge in [0.2, 0.25) is 0 Å². The summed E-state index contributed by atoms with van der Waals surface area (Å²) in [7, 11) is 3.93. The number of benzene rings is 1. The van der Waals surface area contributed by atoms with Crippen molar-refractivity contribution in [2.45, 2.75) is 12.8 Å². The zero-order chi connectivity index (χ0) is 13.2. The molecule has 4 heteroatoms.